The van der Waals surface area contributed by atoms with Crippen molar-refractivity contribution in [2.75, 3.05) is 32.8 Å². The number of hydrogen-bond acceptors (Lipinski definition) is 5. The van der Waals surface area contributed by atoms with Gasteiger partial charge in [-0.2, -0.15) is 5.10 Å². The number of amides is 2. The second-order valence-electron chi connectivity index (χ2n) is 8.36. The van der Waals surface area contributed by atoms with E-state index in [0.29, 0.717) is 50.1 Å². The van der Waals surface area contributed by atoms with Crippen molar-refractivity contribution >= 4 is 11.8 Å². The van der Waals surface area contributed by atoms with E-state index in [1.807, 2.05) is 9.58 Å². The molecule has 1 fully saturated rings. The fraction of sp³-hybridized carbons (Fsp3) is 0.545. The standard InChI is InChI=1S/C22H29N5O3/c1-16(2)15-30-20-7-6-17(13-23-20)21(28)25-9-11-26(12-10-25)22(29)18-14-24-27-8-4-3-5-19(18)27/h6-7,13-14,16H,3-5,8-12,15H2,1-2H3. The van der Waals surface area contributed by atoms with Crippen molar-refractivity contribution in [1.82, 2.24) is 24.6 Å². The smallest absolute Gasteiger partial charge is 0.257 e. The van der Waals surface area contributed by atoms with E-state index < -0.39 is 0 Å². The van der Waals surface area contributed by atoms with Crippen LogP contribution in [-0.4, -0.2) is 69.2 Å². The summed E-state index contributed by atoms with van der Waals surface area (Å²) < 4.78 is 7.53. The Kier molecular flexibility index (Phi) is 6.01. The van der Waals surface area contributed by atoms with Crippen LogP contribution < -0.4 is 4.74 Å². The molecule has 2 aromatic heterocycles. The maximum absolute atomic E-state index is 13.0. The van der Waals surface area contributed by atoms with Gasteiger partial charge in [-0.05, 0) is 31.2 Å². The Morgan fingerprint density at radius 1 is 1.00 bits per heavy atom. The zero-order chi connectivity index (χ0) is 21.1. The summed E-state index contributed by atoms with van der Waals surface area (Å²) in [6.45, 7) is 7.71. The van der Waals surface area contributed by atoms with Crippen LogP contribution in [0, 0.1) is 5.92 Å². The summed E-state index contributed by atoms with van der Waals surface area (Å²) in [7, 11) is 0. The first kappa shape index (κ1) is 20.4. The molecule has 1 saturated heterocycles. The fourth-order valence-corrected chi connectivity index (χ4v) is 3.91. The van der Waals surface area contributed by atoms with Crippen LogP contribution in [0.2, 0.25) is 0 Å². The Bertz CT molecular complexity index is 898. The number of carbonyl (C=O) groups excluding carboxylic acids is 2. The van der Waals surface area contributed by atoms with Crippen LogP contribution >= 0.6 is 0 Å². The van der Waals surface area contributed by atoms with Crippen molar-refractivity contribution in [1.29, 1.82) is 0 Å². The van der Waals surface area contributed by atoms with Crippen molar-refractivity contribution in [3.63, 3.8) is 0 Å². The number of piperazine rings is 1. The Labute approximate surface area is 176 Å². The summed E-state index contributed by atoms with van der Waals surface area (Å²) >= 11 is 0. The summed E-state index contributed by atoms with van der Waals surface area (Å²) in [6, 6.07) is 3.49. The van der Waals surface area contributed by atoms with E-state index in [1.165, 1.54) is 0 Å². The third kappa shape index (κ3) is 4.32. The molecule has 2 amide bonds. The molecule has 0 radical (unpaired) electrons. The van der Waals surface area contributed by atoms with Gasteiger partial charge in [-0.3, -0.25) is 14.3 Å². The average molecular weight is 412 g/mol. The summed E-state index contributed by atoms with van der Waals surface area (Å²) in [4.78, 5) is 33.6. The molecule has 30 heavy (non-hydrogen) atoms. The highest BCUT2D eigenvalue weighted by atomic mass is 16.5. The number of hydrogen-bond donors (Lipinski definition) is 0. The maximum Gasteiger partial charge on any atom is 0.257 e. The zero-order valence-electron chi connectivity index (χ0n) is 17.7. The van der Waals surface area contributed by atoms with E-state index in [9.17, 15) is 9.59 Å². The molecule has 0 saturated carbocycles. The van der Waals surface area contributed by atoms with E-state index in [0.717, 1.165) is 37.1 Å². The van der Waals surface area contributed by atoms with Crippen LogP contribution in [0.1, 0.15) is 53.1 Å². The molecule has 8 nitrogen and oxygen atoms in total. The second-order valence-corrected chi connectivity index (χ2v) is 8.36. The van der Waals surface area contributed by atoms with Gasteiger partial charge >= 0.3 is 0 Å². The Hall–Kier alpha value is -2.90. The first-order valence-electron chi connectivity index (χ1n) is 10.7. The highest BCUT2D eigenvalue weighted by Crippen LogP contribution is 2.20. The number of aryl methyl sites for hydroxylation is 1. The SMILES string of the molecule is CC(C)COc1ccc(C(=O)N2CCN(C(=O)c3cnn4c3CCCC4)CC2)cn1. The molecule has 0 unspecified atom stereocenters. The van der Waals surface area contributed by atoms with Crippen molar-refractivity contribution in [2.24, 2.45) is 5.92 Å². The van der Waals surface area contributed by atoms with E-state index in [4.69, 9.17) is 4.74 Å². The molecule has 0 N–H and O–H groups in total. The number of fused-ring (bicyclic) bond motifs is 1. The third-order valence-corrected chi connectivity index (χ3v) is 5.61. The van der Waals surface area contributed by atoms with Gasteiger partial charge in [0.15, 0.2) is 0 Å². The summed E-state index contributed by atoms with van der Waals surface area (Å²) in [5.41, 5.74) is 2.31. The Morgan fingerprint density at radius 3 is 2.40 bits per heavy atom. The summed E-state index contributed by atoms with van der Waals surface area (Å²) in [6.07, 6.45) is 6.39. The van der Waals surface area contributed by atoms with E-state index in [1.54, 1.807) is 29.4 Å². The molecule has 0 aliphatic carbocycles. The first-order valence-corrected chi connectivity index (χ1v) is 10.7. The van der Waals surface area contributed by atoms with Crippen LogP contribution in [-0.2, 0) is 13.0 Å². The van der Waals surface area contributed by atoms with Crippen LogP contribution in [0.5, 0.6) is 5.88 Å². The van der Waals surface area contributed by atoms with Crippen LogP contribution in [0.4, 0.5) is 0 Å². The predicted octanol–water partition coefficient (Wildman–Crippen LogP) is 2.25. The minimum Gasteiger partial charge on any atom is -0.477 e. The lowest BCUT2D eigenvalue weighted by atomic mass is 10.1. The average Bonchev–Trinajstić information content (AvgIpc) is 3.21. The van der Waals surface area contributed by atoms with Crippen LogP contribution in [0.25, 0.3) is 0 Å². The highest BCUT2D eigenvalue weighted by Gasteiger charge is 2.28. The van der Waals surface area contributed by atoms with Crippen LogP contribution in [0.15, 0.2) is 24.5 Å². The molecule has 0 atom stereocenters. The number of rotatable bonds is 5. The summed E-state index contributed by atoms with van der Waals surface area (Å²) in [5.74, 6) is 0.909. The molecule has 4 heterocycles. The molecule has 0 bridgehead atoms. The Balaban J connectivity index is 1.33. The molecule has 160 valence electrons. The van der Waals surface area contributed by atoms with Gasteiger partial charge in [0, 0.05) is 45.0 Å². The monoisotopic (exact) mass is 411 g/mol. The summed E-state index contributed by atoms with van der Waals surface area (Å²) in [5, 5.41) is 4.37. The minimum absolute atomic E-state index is 0.0265. The molecule has 8 heteroatoms. The zero-order valence-corrected chi connectivity index (χ0v) is 17.7. The van der Waals surface area contributed by atoms with E-state index in [2.05, 4.69) is 23.9 Å². The number of carbonyl (C=O) groups is 2. The lowest BCUT2D eigenvalue weighted by molar-refractivity contribution is 0.0534. The third-order valence-electron chi connectivity index (χ3n) is 5.61. The number of nitrogens with zero attached hydrogens (tertiary/aromatic N) is 5. The predicted molar refractivity (Wildman–Crippen MR) is 112 cm³/mol. The van der Waals surface area contributed by atoms with Gasteiger partial charge in [-0.1, -0.05) is 13.8 Å². The molecular formula is C22H29N5O3. The molecule has 2 aromatic rings. The van der Waals surface area contributed by atoms with E-state index in [-0.39, 0.29) is 11.8 Å². The maximum atomic E-state index is 13.0. The Morgan fingerprint density at radius 2 is 1.73 bits per heavy atom. The van der Waals surface area contributed by atoms with Crippen molar-refractivity contribution < 1.29 is 14.3 Å². The lowest BCUT2D eigenvalue weighted by Crippen LogP contribution is -2.50. The van der Waals surface area contributed by atoms with E-state index >= 15 is 0 Å². The fourth-order valence-electron chi connectivity index (χ4n) is 3.91. The highest BCUT2D eigenvalue weighted by molar-refractivity contribution is 5.96. The normalized spacial score (nSPS) is 16.5. The second kappa shape index (κ2) is 8.85. The minimum atomic E-state index is -0.0621. The quantitative estimate of drug-likeness (QED) is 0.754. The van der Waals surface area contributed by atoms with Gasteiger partial charge in [-0.25, -0.2) is 4.98 Å². The van der Waals surface area contributed by atoms with Gasteiger partial charge < -0.3 is 14.5 Å². The molecule has 2 aliphatic heterocycles. The van der Waals surface area contributed by atoms with Gasteiger partial charge in [-0.15, -0.1) is 0 Å². The molecule has 4 rings (SSSR count). The number of ether oxygens (including phenoxy) is 1. The molecule has 0 aromatic carbocycles. The van der Waals surface area contributed by atoms with Gasteiger partial charge in [0.1, 0.15) is 0 Å². The number of aromatic nitrogens is 3. The van der Waals surface area contributed by atoms with Crippen LogP contribution in [0.3, 0.4) is 0 Å². The van der Waals surface area contributed by atoms with Gasteiger partial charge in [0.2, 0.25) is 5.88 Å². The molecular weight excluding hydrogens is 382 g/mol. The largest absolute Gasteiger partial charge is 0.477 e. The first-order chi connectivity index (χ1) is 14.5. The molecule has 0 spiro atoms. The van der Waals surface area contributed by atoms with Gasteiger partial charge in [0.05, 0.1) is 29.6 Å². The topological polar surface area (TPSA) is 80.6 Å². The molecule has 2 aliphatic rings. The van der Waals surface area contributed by atoms with Gasteiger partial charge in [0.25, 0.3) is 11.8 Å². The van der Waals surface area contributed by atoms with Crippen molar-refractivity contribution in [3.05, 3.63) is 41.3 Å². The van der Waals surface area contributed by atoms with Crippen molar-refractivity contribution in [3.8, 4) is 5.88 Å². The van der Waals surface area contributed by atoms with Crippen molar-refractivity contribution in [2.45, 2.75) is 39.7 Å². The lowest BCUT2D eigenvalue weighted by Gasteiger charge is -2.34. The number of pyridine rings is 1.